The van der Waals surface area contributed by atoms with E-state index in [9.17, 15) is 10.2 Å². The predicted molar refractivity (Wildman–Crippen MR) is 77.1 cm³/mol. The number of ether oxygens (including phenoxy) is 2. The average Bonchev–Trinajstić information content (AvgIpc) is 3.08. The van der Waals surface area contributed by atoms with Crippen LogP contribution in [-0.4, -0.2) is 55.2 Å². The van der Waals surface area contributed by atoms with Crippen molar-refractivity contribution >= 4 is 17.0 Å². The number of fused-ring (bicyclic) bond motifs is 1. The largest absolute Gasteiger partial charge is 0.463 e. The summed E-state index contributed by atoms with van der Waals surface area (Å²) in [5.74, 6) is 0.209. The number of aromatic nitrogens is 4. The van der Waals surface area contributed by atoms with Crippen LogP contribution in [0, 0.1) is 0 Å². The Balaban J connectivity index is 1.98. The van der Waals surface area contributed by atoms with Crippen LogP contribution in [0.3, 0.4) is 0 Å². The van der Waals surface area contributed by atoms with Gasteiger partial charge in [0.25, 0.3) is 0 Å². The van der Waals surface area contributed by atoms with Crippen molar-refractivity contribution in [3.63, 3.8) is 0 Å². The first kappa shape index (κ1) is 14.9. The summed E-state index contributed by atoms with van der Waals surface area (Å²) in [5.41, 5.74) is 6.73. The highest BCUT2D eigenvalue weighted by Crippen LogP contribution is 2.31. The number of aliphatic hydroxyl groups excluding tert-OH is 2. The fourth-order valence-corrected chi connectivity index (χ4v) is 2.46. The molecule has 1 fully saturated rings. The molecule has 3 rings (SSSR count). The molecule has 1 aliphatic rings. The number of hydrogen-bond donors (Lipinski definition) is 3. The predicted octanol–water partition coefficient (Wildman–Crippen LogP) is -0.162. The Labute approximate surface area is 126 Å². The Morgan fingerprint density at radius 3 is 3.00 bits per heavy atom. The van der Waals surface area contributed by atoms with E-state index >= 15 is 0 Å². The lowest BCUT2D eigenvalue weighted by Gasteiger charge is -2.16. The summed E-state index contributed by atoms with van der Waals surface area (Å²) >= 11 is 0. The van der Waals surface area contributed by atoms with E-state index in [2.05, 4.69) is 15.0 Å². The molecular weight excluding hydrogens is 290 g/mol. The Morgan fingerprint density at radius 1 is 1.50 bits per heavy atom. The lowest BCUT2D eigenvalue weighted by molar-refractivity contribution is -0.0487. The smallest absolute Gasteiger partial charge is 0.320 e. The van der Waals surface area contributed by atoms with Crippen molar-refractivity contribution in [2.24, 2.45) is 0 Å². The minimum atomic E-state index is -0.759. The van der Waals surface area contributed by atoms with E-state index in [1.54, 1.807) is 4.57 Å². The number of aliphatic hydroxyl groups is 2. The molecule has 1 aliphatic heterocycles. The average molecular weight is 309 g/mol. The molecule has 1 saturated heterocycles. The van der Waals surface area contributed by atoms with Crippen molar-refractivity contribution in [3.8, 4) is 6.01 Å². The first-order chi connectivity index (χ1) is 10.6. The molecule has 120 valence electrons. The van der Waals surface area contributed by atoms with Gasteiger partial charge in [-0.1, -0.05) is 6.92 Å². The second-order valence-corrected chi connectivity index (χ2v) is 5.20. The molecule has 0 saturated carbocycles. The third-order valence-electron chi connectivity index (χ3n) is 3.51. The van der Waals surface area contributed by atoms with Gasteiger partial charge in [-0.15, -0.1) is 0 Å². The molecular formula is C13H19N5O4. The van der Waals surface area contributed by atoms with Crippen LogP contribution < -0.4 is 10.5 Å². The molecule has 2 aromatic rings. The number of hydrogen-bond acceptors (Lipinski definition) is 8. The first-order valence-corrected chi connectivity index (χ1v) is 7.21. The fourth-order valence-electron chi connectivity index (χ4n) is 2.46. The Hall–Kier alpha value is -1.97. The third-order valence-corrected chi connectivity index (χ3v) is 3.51. The van der Waals surface area contributed by atoms with Crippen LogP contribution in [0.2, 0.25) is 0 Å². The van der Waals surface area contributed by atoms with Crippen molar-refractivity contribution in [2.45, 2.75) is 38.2 Å². The van der Waals surface area contributed by atoms with Gasteiger partial charge >= 0.3 is 6.01 Å². The minimum absolute atomic E-state index is 0.151. The van der Waals surface area contributed by atoms with Crippen molar-refractivity contribution in [3.05, 3.63) is 6.33 Å². The number of imidazole rings is 1. The van der Waals surface area contributed by atoms with E-state index in [0.717, 1.165) is 6.42 Å². The van der Waals surface area contributed by atoms with Crippen LogP contribution in [0.4, 0.5) is 5.82 Å². The molecule has 0 radical (unpaired) electrons. The van der Waals surface area contributed by atoms with Gasteiger partial charge in [0.15, 0.2) is 23.2 Å². The van der Waals surface area contributed by atoms with Gasteiger partial charge < -0.3 is 25.4 Å². The standard InChI is InChI=1S/C13H19N5O4/c1-2-3-21-13-16-10(14)9-11(17-13)18(6-15-9)12-8(20)4-7(5-19)22-12/h6-8,12,19-20H,2-5H2,1H3,(H2,14,16,17)/t7-,8?,12+/m0/s1. The number of anilines is 1. The highest BCUT2D eigenvalue weighted by molar-refractivity contribution is 5.82. The summed E-state index contributed by atoms with van der Waals surface area (Å²) in [7, 11) is 0. The maximum Gasteiger partial charge on any atom is 0.320 e. The lowest BCUT2D eigenvalue weighted by Crippen LogP contribution is -2.19. The Kier molecular flexibility index (Phi) is 4.10. The van der Waals surface area contributed by atoms with Gasteiger partial charge in [-0.25, -0.2) is 4.98 Å². The van der Waals surface area contributed by atoms with E-state index in [1.165, 1.54) is 6.33 Å². The van der Waals surface area contributed by atoms with Crippen LogP contribution in [0.5, 0.6) is 6.01 Å². The summed E-state index contributed by atoms with van der Waals surface area (Å²) in [6.45, 7) is 2.31. The summed E-state index contributed by atoms with van der Waals surface area (Å²) in [5, 5.41) is 19.3. The third kappa shape index (κ3) is 2.58. The molecule has 22 heavy (non-hydrogen) atoms. The van der Waals surface area contributed by atoms with E-state index in [1.807, 2.05) is 6.92 Å². The number of nitrogens with zero attached hydrogens (tertiary/aromatic N) is 4. The zero-order chi connectivity index (χ0) is 15.7. The van der Waals surface area contributed by atoms with Gasteiger partial charge in [0.05, 0.1) is 25.6 Å². The monoisotopic (exact) mass is 309 g/mol. The van der Waals surface area contributed by atoms with Gasteiger partial charge in [-0.05, 0) is 6.42 Å². The quantitative estimate of drug-likeness (QED) is 0.695. The summed E-state index contributed by atoms with van der Waals surface area (Å²) < 4.78 is 12.6. The lowest BCUT2D eigenvalue weighted by atomic mass is 10.2. The van der Waals surface area contributed by atoms with Gasteiger partial charge in [0, 0.05) is 6.42 Å². The second kappa shape index (κ2) is 6.03. The minimum Gasteiger partial charge on any atom is -0.463 e. The Morgan fingerprint density at radius 2 is 2.32 bits per heavy atom. The number of nitrogens with two attached hydrogens (primary N) is 1. The molecule has 3 atom stereocenters. The second-order valence-electron chi connectivity index (χ2n) is 5.20. The zero-order valence-electron chi connectivity index (χ0n) is 12.2. The van der Waals surface area contributed by atoms with Crippen molar-refractivity contribution in [2.75, 3.05) is 18.9 Å². The molecule has 1 unspecified atom stereocenters. The topological polar surface area (TPSA) is 129 Å². The van der Waals surface area contributed by atoms with Gasteiger partial charge in [0.2, 0.25) is 0 Å². The van der Waals surface area contributed by atoms with E-state index in [4.69, 9.17) is 15.2 Å². The van der Waals surface area contributed by atoms with Crippen LogP contribution in [0.1, 0.15) is 26.0 Å². The van der Waals surface area contributed by atoms with E-state index in [0.29, 0.717) is 24.2 Å². The van der Waals surface area contributed by atoms with Gasteiger partial charge in [-0.3, -0.25) is 4.57 Å². The van der Waals surface area contributed by atoms with Crippen molar-refractivity contribution in [1.29, 1.82) is 0 Å². The maximum absolute atomic E-state index is 10.1. The summed E-state index contributed by atoms with van der Waals surface area (Å²) in [6.07, 6.45) is 0.824. The summed E-state index contributed by atoms with van der Waals surface area (Å²) in [6, 6.07) is 0.166. The molecule has 2 aromatic heterocycles. The van der Waals surface area contributed by atoms with Crippen LogP contribution in [0.25, 0.3) is 11.2 Å². The molecule has 9 nitrogen and oxygen atoms in total. The summed E-state index contributed by atoms with van der Waals surface area (Å²) in [4.78, 5) is 12.5. The van der Waals surface area contributed by atoms with Gasteiger partial charge in [-0.2, -0.15) is 9.97 Å². The van der Waals surface area contributed by atoms with Crippen LogP contribution in [0.15, 0.2) is 6.33 Å². The fraction of sp³-hybridized carbons (Fsp3) is 0.615. The molecule has 0 amide bonds. The molecule has 0 spiro atoms. The van der Waals surface area contributed by atoms with E-state index < -0.39 is 18.4 Å². The first-order valence-electron chi connectivity index (χ1n) is 7.21. The van der Waals surface area contributed by atoms with Crippen LogP contribution in [-0.2, 0) is 4.74 Å². The van der Waals surface area contributed by atoms with E-state index in [-0.39, 0.29) is 18.4 Å². The number of rotatable bonds is 5. The molecule has 4 N–H and O–H groups in total. The Bertz CT molecular complexity index is 661. The SMILES string of the molecule is CCCOc1nc(N)c2ncn([C@@H]3O[C@H](CO)CC3O)c2n1. The van der Waals surface area contributed by atoms with Crippen LogP contribution >= 0.6 is 0 Å². The molecule has 9 heteroatoms. The normalized spacial score (nSPS) is 25.0. The number of nitrogen functional groups attached to an aromatic ring is 1. The highest BCUT2D eigenvalue weighted by Gasteiger charge is 2.36. The molecule has 0 aromatic carbocycles. The van der Waals surface area contributed by atoms with Crippen molar-refractivity contribution < 1.29 is 19.7 Å². The molecule has 0 bridgehead atoms. The maximum atomic E-state index is 10.1. The highest BCUT2D eigenvalue weighted by atomic mass is 16.5. The molecule has 0 aliphatic carbocycles. The molecule has 3 heterocycles. The van der Waals surface area contributed by atoms with Gasteiger partial charge in [0.1, 0.15) is 6.10 Å². The van der Waals surface area contributed by atoms with Crippen molar-refractivity contribution in [1.82, 2.24) is 19.5 Å². The zero-order valence-corrected chi connectivity index (χ0v) is 12.2.